The molecule has 1 fully saturated rings. The van der Waals surface area contributed by atoms with Crippen LogP contribution in [-0.4, -0.2) is 55.7 Å². The Kier molecular flexibility index (Phi) is 5.49. The third-order valence-electron chi connectivity index (χ3n) is 5.34. The monoisotopic (exact) mass is 426 g/mol. The fraction of sp³-hybridized carbons (Fsp3) is 0.318. The topological polar surface area (TPSA) is 80.5 Å². The first kappa shape index (κ1) is 20.4. The molecule has 1 aliphatic heterocycles. The van der Waals surface area contributed by atoms with E-state index in [1.165, 1.54) is 0 Å². The number of nitrogens with zero attached hydrogens (tertiary/aromatic N) is 4. The van der Waals surface area contributed by atoms with Crippen LogP contribution in [0.15, 0.2) is 54.6 Å². The van der Waals surface area contributed by atoms with Gasteiger partial charge in [-0.3, -0.25) is 4.79 Å². The molecule has 1 aliphatic rings. The second-order valence-electron chi connectivity index (χ2n) is 7.70. The van der Waals surface area contributed by atoms with Crippen LogP contribution in [-0.2, 0) is 0 Å². The minimum atomic E-state index is -1.19. The van der Waals surface area contributed by atoms with Crippen LogP contribution in [0.1, 0.15) is 29.5 Å². The molecule has 0 aliphatic carbocycles. The van der Waals surface area contributed by atoms with Crippen molar-refractivity contribution >= 4 is 17.5 Å². The third kappa shape index (κ3) is 4.04. The number of ether oxygens (including phenoxy) is 1. The number of aromatic nitrogens is 3. The molecule has 0 radical (unpaired) electrons. The number of carbonyl (C=O) groups excluding carboxylic acids is 1. The molecule has 0 bridgehead atoms. The van der Waals surface area contributed by atoms with E-state index in [9.17, 15) is 9.90 Å². The number of hydrogen-bond acceptors (Lipinski definition) is 5. The van der Waals surface area contributed by atoms with Crippen LogP contribution < -0.4 is 4.74 Å². The zero-order valence-electron chi connectivity index (χ0n) is 16.8. The molecule has 2 atom stereocenters. The van der Waals surface area contributed by atoms with Gasteiger partial charge < -0.3 is 14.7 Å². The highest BCUT2D eigenvalue weighted by Crippen LogP contribution is 2.27. The zero-order chi connectivity index (χ0) is 21.3. The standard InChI is InChI=1S/C22H23ClN4O3/c1-15-20(24-25-27(15)17-10-8-16(23)9-11-17)21(28)26-13-12-19(22(2,29)14-26)30-18-6-4-3-5-7-18/h3-11,19,29H,12-14H2,1-2H3/t19-,22-/m0/s1. The van der Waals surface area contributed by atoms with Crippen LogP contribution in [0.4, 0.5) is 0 Å². The second-order valence-corrected chi connectivity index (χ2v) is 8.14. The van der Waals surface area contributed by atoms with Crippen LogP contribution in [0.3, 0.4) is 0 Å². The van der Waals surface area contributed by atoms with Crippen molar-refractivity contribution in [1.29, 1.82) is 0 Å². The highest BCUT2D eigenvalue weighted by atomic mass is 35.5. The number of hydrogen-bond donors (Lipinski definition) is 1. The average molecular weight is 427 g/mol. The van der Waals surface area contributed by atoms with Crippen molar-refractivity contribution in [2.45, 2.75) is 32.0 Å². The van der Waals surface area contributed by atoms with E-state index in [2.05, 4.69) is 10.3 Å². The first-order valence-corrected chi connectivity index (χ1v) is 10.1. The summed E-state index contributed by atoms with van der Waals surface area (Å²) in [7, 11) is 0. The Hall–Kier alpha value is -2.90. The molecule has 1 saturated heterocycles. The van der Waals surface area contributed by atoms with Gasteiger partial charge in [-0.15, -0.1) is 5.10 Å². The highest BCUT2D eigenvalue weighted by molar-refractivity contribution is 6.30. The molecule has 3 aromatic rings. The quantitative estimate of drug-likeness (QED) is 0.692. The van der Waals surface area contributed by atoms with Gasteiger partial charge in [0.15, 0.2) is 5.69 Å². The summed E-state index contributed by atoms with van der Waals surface area (Å²) in [6, 6.07) is 16.5. The molecule has 30 heavy (non-hydrogen) atoms. The number of rotatable bonds is 4. The lowest BCUT2D eigenvalue weighted by molar-refractivity contribution is -0.0900. The van der Waals surface area contributed by atoms with Gasteiger partial charge >= 0.3 is 0 Å². The van der Waals surface area contributed by atoms with Gasteiger partial charge in [-0.1, -0.05) is 35.0 Å². The van der Waals surface area contributed by atoms with Crippen LogP contribution in [0.2, 0.25) is 5.02 Å². The van der Waals surface area contributed by atoms with Crippen LogP contribution >= 0.6 is 11.6 Å². The van der Waals surface area contributed by atoms with E-state index in [-0.39, 0.29) is 18.1 Å². The smallest absolute Gasteiger partial charge is 0.276 e. The molecule has 0 saturated carbocycles. The van der Waals surface area contributed by atoms with Gasteiger partial charge in [0.1, 0.15) is 17.5 Å². The lowest BCUT2D eigenvalue weighted by Gasteiger charge is -2.42. The normalized spacial score (nSPS) is 21.5. The molecular formula is C22H23ClN4O3. The van der Waals surface area contributed by atoms with Crippen LogP contribution in [0, 0.1) is 6.92 Å². The SMILES string of the molecule is Cc1c(C(=O)N2CC[C@H](Oc3ccccc3)[C@@](C)(O)C2)nnn1-c1ccc(Cl)cc1. The fourth-order valence-corrected chi connectivity index (χ4v) is 3.80. The van der Waals surface area contributed by atoms with Crippen LogP contribution in [0.25, 0.3) is 5.69 Å². The van der Waals surface area contributed by atoms with Crippen molar-refractivity contribution in [3.63, 3.8) is 0 Å². The predicted octanol–water partition coefficient (Wildman–Crippen LogP) is 3.27. The van der Waals surface area contributed by atoms with E-state index in [1.807, 2.05) is 42.5 Å². The minimum Gasteiger partial charge on any atom is -0.487 e. The van der Waals surface area contributed by atoms with Gasteiger partial charge in [-0.25, -0.2) is 4.68 Å². The number of β-amino-alcohol motifs (C(OH)–C–C–N with tert-alkyl or cyclic N) is 1. The molecule has 0 unspecified atom stereocenters. The van der Waals surface area contributed by atoms with E-state index in [0.717, 1.165) is 5.69 Å². The number of piperidine rings is 1. The Labute approximate surface area is 179 Å². The van der Waals surface area contributed by atoms with Gasteiger partial charge in [0.25, 0.3) is 5.91 Å². The van der Waals surface area contributed by atoms with E-state index < -0.39 is 11.7 Å². The molecule has 1 amide bonds. The summed E-state index contributed by atoms with van der Waals surface area (Å²) in [6.45, 7) is 4.10. The summed E-state index contributed by atoms with van der Waals surface area (Å²) in [5, 5.41) is 19.8. The maximum absolute atomic E-state index is 13.1. The Morgan fingerprint density at radius 2 is 1.90 bits per heavy atom. The first-order valence-electron chi connectivity index (χ1n) is 9.77. The molecule has 7 nitrogen and oxygen atoms in total. The van der Waals surface area contributed by atoms with Crippen molar-refractivity contribution in [2.24, 2.45) is 0 Å². The van der Waals surface area contributed by atoms with Crippen molar-refractivity contribution in [3.8, 4) is 11.4 Å². The molecular weight excluding hydrogens is 404 g/mol. The van der Waals surface area contributed by atoms with Crippen molar-refractivity contribution < 1.29 is 14.6 Å². The lowest BCUT2D eigenvalue weighted by Crippen LogP contribution is -2.58. The molecule has 4 rings (SSSR count). The predicted molar refractivity (Wildman–Crippen MR) is 113 cm³/mol. The Balaban J connectivity index is 1.49. The van der Waals surface area contributed by atoms with Gasteiger partial charge in [0, 0.05) is 18.0 Å². The summed E-state index contributed by atoms with van der Waals surface area (Å²) in [6.07, 6.45) is 0.104. The lowest BCUT2D eigenvalue weighted by atomic mass is 9.91. The van der Waals surface area contributed by atoms with E-state index in [0.29, 0.717) is 29.4 Å². The fourth-order valence-electron chi connectivity index (χ4n) is 3.68. The molecule has 1 N–H and O–H groups in total. The second kappa shape index (κ2) is 8.08. The van der Waals surface area contributed by atoms with Crippen molar-refractivity contribution in [1.82, 2.24) is 19.9 Å². The van der Waals surface area contributed by atoms with Crippen LogP contribution in [0.5, 0.6) is 5.75 Å². The number of likely N-dealkylation sites (tertiary alicyclic amines) is 1. The van der Waals surface area contributed by atoms with Gasteiger partial charge in [0.2, 0.25) is 0 Å². The van der Waals surface area contributed by atoms with Gasteiger partial charge in [0.05, 0.1) is 17.9 Å². The molecule has 1 aromatic heterocycles. The van der Waals surface area contributed by atoms with Gasteiger partial charge in [-0.2, -0.15) is 0 Å². The van der Waals surface area contributed by atoms with E-state index in [1.54, 1.807) is 35.6 Å². The van der Waals surface area contributed by atoms with Gasteiger partial charge in [-0.05, 0) is 50.2 Å². The zero-order valence-corrected chi connectivity index (χ0v) is 17.6. The molecule has 8 heteroatoms. The maximum Gasteiger partial charge on any atom is 0.276 e. The Bertz CT molecular complexity index is 1030. The third-order valence-corrected chi connectivity index (χ3v) is 5.59. The Morgan fingerprint density at radius 3 is 2.57 bits per heavy atom. The van der Waals surface area contributed by atoms with Crippen molar-refractivity contribution in [3.05, 3.63) is 71.0 Å². The molecule has 2 heterocycles. The summed E-state index contributed by atoms with van der Waals surface area (Å²) in [5.41, 5.74) is 0.474. The molecule has 156 valence electrons. The summed E-state index contributed by atoms with van der Waals surface area (Å²) < 4.78 is 7.57. The maximum atomic E-state index is 13.1. The van der Waals surface area contributed by atoms with Crippen molar-refractivity contribution in [2.75, 3.05) is 13.1 Å². The number of carbonyl (C=O) groups is 1. The largest absolute Gasteiger partial charge is 0.487 e. The Morgan fingerprint density at radius 1 is 1.20 bits per heavy atom. The van der Waals surface area contributed by atoms with E-state index >= 15 is 0 Å². The number of benzene rings is 2. The number of halogens is 1. The minimum absolute atomic E-state index is 0.149. The summed E-state index contributed by atoms with van der Waals surface area (Å²) in [5.74, 6) is 0.440. The number of aliphatic hydroxyl groups is 1. The average Bonchev–Trinajstić information content (AvgIpc) is 3.11. The number of para-hydroxylation sites is 1. The first-order chi connectivity index (χ1) is 14.3. The summed E-state index contributed by atoms with van der Waals surface area (Å²) >= 11 is 5.95. The highest BCUT2D eigenvalue weighted by Gasteiger charge is 2.42. The summed E-state index contributed by atoms with van der Waals surface area (Å²) in [4.78, 5) is 14.7. The van der Waals surface area contributed by atoms with E-state index in [4.69, 9.17) is 16.3 Å². The molecule has 2 aromatic carbocycles. The number of amides is 1. The molecule has 0 spiro atoms.